The summed E-state index contributed by atoms with van der Waals surface area (Å²) >= 11 is 1.42. The normalized spacial score (nSPS) is 20.9. The molecule has 2 saturated carbocycles. The molecule has 3 aromatic rings. The molecular formula is C45H60F4N6O13S3. The van der Waals surface area contributed by atoms with Gasteiger partial charge in [-0.3, -0.25) is 23.4 Å². The predicted molar refractivity (Wildman–Crippen MR) is 253 cm³/mol. The van der Waals surface area contributed by atoms with E-state index in [2.05, 4.69) is 25.4 Å². The third-order valence-corrected chi connectivity index (χ3v) is 14.1. The Morgan fingerprint density at radius 3 is 2.21 bits per heavy atom. The first-order valence-corrected chi connectivity index (χ1v) is 26.4. The molecule has 2 aliphatic carbocycles. The van der Waals surface area contributed by atoms with E-state index in [1.807, 2.05) is 40.0 Å². The van der Waals surface area contributed by atoms with E-state index in [1.165, 1.54) is 22.3 Å². The van der Waals surface area contributed by atoms with Crippen LogP contribution < -0.4 is 24.7 Å². The van der Waals surface area contributed by atoms with Crippen molar-refractivity contribution in [3.05, 3.63) is 42.3 Å². The van der Waals surface area contributed by atoms with Crippen LogP contribution in [0.3, 0.4) is 0 Å². The van der Waals surface area contributed by atoms with Crippen LogP contribution in [0.25, 0.3) is 22.3 Å². The summed E-state index contributed by atoms with van der Waals surface area (Å²) in [5, 5.41) is 10.7. The van der Waals surface area contributed by atoms with Gasteiger partial charge in [0.05, 0.1) is 48.7 Å². The number of hydrogen-bond acceptors (Lipinski definition) is 17. The lowest BCUT2D eigenvalue weighted by molar-refractivity contribution is -0.156. The Morgan fingerprint density at radius 1 is 0.986 bits per heavy atom. The topological polar surface area (TPSA) is 262 Å². The Labute approximate surface area is 414 Å². The number of nitrogens with two attached hydrogens (primary N) is 1. The van der Waals surface area contributed by atoms with Gasteiger partial charge in [0.25, 0.3) is 12.9 Å². The Kier molecular flexibility index (Phi) is 19.0. The summed E-state index contributed by atoms with van der Waals surface area (Å²) in [4.78, 5) is 67.4. The van der Waals surface area contributed by atoms with Crippen molar-refractivity contribution in [2.75, 3.05) is 32.2 Å². The number of esters is 1. The van der Waals surface area contributed by atoms with E-state index in [4.69, 9.17) is 24.2 Å². The quantitative estimate of drug-likeness (QED) is 0.0563. The summed E-state index contributed by atoms with van der Waals surface area (Å²) in [6.45, 7) is 10.5. The van der Waals surface area contributed by atoms with Crippen LogP contribution in [0.1, 0.15) is 86.0 Å². The molecule has 6 rings (SSSR count). The number of hydrogen-bond donors (Lipinski definition) is 3. The monoisotopic (exact) mass is 1060 g/mol. The summed E-state index contributed by atoms with van der Waals surface area (Å²) in [5.41, 5.74) is -0.727. The summed E-state index contributed by atoms with van der Waals surface area (Å²) < 4.78 is 120. The molecule has 4 N–H and O–H groups in total. The van der Waals surface area contributed by atoms with Crippen LogP contribution in [-0.4, -0.2) is 119 Å². The van der Waals surface area contributed by atoms with Gasteiger partial charge in [0, 0.05) is 41.8 Å². The third kappa shape index (κ3) is 16.0. The molecule has 0 spiro atoms. The number of benzene rings is 1. The van der Waals surface area contributed by atoms with E-state index in [1.54, 1.807) is 36.1 Å². The number of nitrogens with zero attached hydrogens (tertiary/aromatic N) is 3. The predicted octanol–water partition coefficient (Wildman–Crippen LogP) is 6.34. The third-order valence-electron chi connectivity index (χ3n) is 12.0. The van der Waals surface area contributed by atoms with Crippen LogP contribution in [0.2, 0.25) is 0 Å². The van der Waals surface area contributed by atoms with Crippen LogP contribution in [0.5, 0.6) is 11.5 Å². The van der Waals surface area contributed by atoms with Gasteiger partial charge < -0.3 is 24.4 Å². The maximum Gasteiger partial charge on any atom is 0.362 e. The number of aromatic nitrogens is 2. The van der Waals surface area contributed by atoms with Crippen molar-refractivity contribution in [2.24, 2.45) is 27.8 Å². The number of nitrogens with one attached hydrogen (secondary N) is 2. The lowest BCUT2D eigenvalue weighted by atomic mass is 9.77. The molecule has 5 atom stereocenters. The van der Waals surface area contributed by atoms with Crippen molar-refractivity contribution in [3.8, 4) is 22.9 Å². The number of Topliss-reactive ketones (excluding diaryl/α,β-unsaturated/α-hetero) is 1. The van der Waals surface area contributed by atoms with Gasteiger partial charge in [-0.1, -0.05) is 26.8 Å². The van der Waals surface area contributed by atoms with Gasteiger partial charge in [-0.25, -0.2) is 41.6 Å². The molecule has 19 nitrogen and oxygen atoms in total. The highest BCUT2D eigenvalue weighted by Gasteiger charge is 2.61. The Hall–Kier alpha value is -5.02. The number of fused-ring (bicyclic) bond motifs is 1. The van der Waals surface area contributed by atoms with Gasteiger partial charge in [0.2, 0.25) is 11.8 Å². The van der Waals surface area contributed by atoms with Crippen LogP contribution in [0, 0.1) is 22.7 Å². The number of anilines is 1. The van der Waals surface area contributed by atoms with Crippen LogP contribution >= 0.6 is 11.3 Å². The number of carbonyl (C=O) groups is 4. The van der Waals surface area contributed by atoms with Gasteiger partial charge >= 0.3 is 26.6 Å². The number of thiazole rings is 1. The average molecular weight is 1070 g/mol. The molecule has 1 saturated heterocycles. The molecule has 0 bridgehead atoms. The van der Waals surface area contributed by atoms with Crippen molar-refractivity contribution in [2.45, 2.75) is 123 Å². The lowest BCUT2D eigenvalue weighted by Gasteiger charge is -2.35. The molecule has 394 valence electrons. The van der Waals surface area contributed by atoms with Crippen LogP contribution in [0.15, 0.2) is 42.3 Å². The number of methoxy groups -OCH3 is 1. The van der Waals surface area contributed by atoms with E-state index in [0.29, 0.717) is 38.9 Å². The molecule has 0 radical (unpaired) electrons. The molecule has 26 heteroatoms. The number of halogens is 4. The minimum absolute atomic E-state index is 0.0192. The fourth-order valence-corrected chi connectivity index (χ4v) is 10.3. The number of ketones is 1. The van der Waals surface area contributed by atoms with E-state index in [9.17, 15) is 53.6 Å². The van der Waals surface area contributed by atoms with Crippen molar-refractivity contribution < 1.29 is 76.2 Å². The number of allylic oxidation sites excluding steroid dienone is 1. The molecule has 0 unspecified atom stereocenters. The van der Waals surface area contributed by atoms with Gasteiger partial charge in [-0.15, -0.1) is 17.9 Å². The summed E-state index contributed by atoms with van der Waals surface area (Å²) in [6.07, 6.45) is -2.85. The molecule has 3 aliphatic rings. The first kappa shape index (κ1) is 56.9. The first-order valence-electron chi connectivity index (χ1n) is 22.6. The van der Waals surface area contributed by atoms with Gasteiger partial charge in [-0.05, 0) is 69.4 Å². The van der Waals surface area contributed by atoms with Crippen molar-refractivity contribution in [1.29, 1.82) is 0 Å². The Balaban J connectivity index is 0.000000947. The number of carbonyl (C=O) groups excluding carboxylic acids is 4. The van der Waals surface area contributed by atoms with E-state index in [-0.39, 0.29) is 38.0 Å². The zero-order valence-corrected chi connectivity index (χ0v) is 42.5. The fraction of sp³-hybridized carbons (Fsp3) is 0.600. The maximum atomic E-state index is 14.8. The first-order chi connectivity index (χ1) is 33.1. The second-order valence-electron chi connectivity index (χ2n) is 18.8. The Bertz CT molecular complexity index is 2630. The number of likely N-dealkylation sites (tertiary alicyclic amines) is 1. The van der Waals surface area contributed by atoms with Gasteiger partial charge in [0.1, 0.15) is 42.6 Å². The standard InChI is InChI=1S/C43H55F2N5O10S2.C2H5F2NO3S/c1-8-25-19-43(25,40(54)49-62(55,56)58-22-37(44)45)20-35(51)34-16-28(21-50(34)39(53)30(42(4,5)6)17-38(52)60-26-11-9-10-12-26)59-36-18-32(33-23-61-41(48-33)46-24(2)3)47-31-15-27(57-7)13-14-29(31)36;3-2(4)1-8-9(5,6)7/h8,13-15,18,23-26,28,30,34,37H,1,9-12,16-17,19-22H2,2-7H3,(H,46,48)(H,49,54);2H,1H2,(H2,5,6,7)/t25-,28-,30-,34+,43-;/m1./s1. The molecule has 3 fully saturated rings. The molecule has 3 heterocycles. The fourth-order valence-electron chi connectivity index (χ4n) is 8.37. The van der Waals surface area contributed by atoms with Crippen LogP contribution in [0.4, 0.5) is 22.7 Å². The SMILES string of the molecule is C=C[C@@H]1C[C@]1(CC(=O)[C@@H]1C[C@@H](Oc2cc(-c3csc(NC(C)C)n3)nc3cc(OC)ccc23)CN1C(=O)[C@@H](CC(=O)OC1CCCC1)C(C)(C)C)C(=O)NS(=O)(=O)OCC(F)F.NS(=O)(=O)OCC(F)F. The number of pyridine rings is 1. The second-order valence-corrected chi connectivity index (χ2v) is 22.2. The molecule has 1 aliphatic heterocycles. The maximum absolute atomic E-state index is 14.8. The Morgan fingerprint density at radius 2 is 1.65 bits per heavy atom. The highest BCUT2D eigenvalue weighted by molar-refractivity contribution is 7.85. The summed E-state index contributed by atoms with van der Waals surface area (Å²) in [7, 11) is -7.60. The zero-order chi connectivity index (χ0) is 52.6. The highest BCUT2D eigenvalue weighted by Crippen LogP contribution is 2.57. The number of ether oxygens (including phenoxy) is 3. The van der Waals surface area contributed by atoms with Crippen molar-refractivity contribution >= 4 is 71.5 Å². The van der Waals surface area contributed by atoms with Crippen LogP contribution in [-0.2, 0) is 52.9 Å². The van der Waals surface area contributed by atoms with E-state index < -0.39 is 111 Å². The minimum atomic E-state index is -4.95. The van der Waals surface area contributed by atoms with Crippen molar-refractivity contribution in [1.82, 2.24) is 19.6 Å². The van der Waals surface area contributed by atoms with E-state index >= 15 is 0 Å². The molecule has 2 aromatic heterocycles. The number of alkyl halides is 4. The van der Waals surface area contributed by atoms with E-state index in [0.717, 1.165) is 25.7 Å². The molecule has 2 amide bonds. The highest BCUT2D eigenvalue weighted by atomic mass is 32.2. The second kappa shape index (κ2) is 23.7. The summed E-state index contributed by atoms with van der Waals surface area (Å²) in [5.74, 6) is -3.28. The summed E-state index contributed by atoms with van der Waals surface area (Å²) in [6, 6.07) is 6.04. The molecule has 71 heavy (non-hydrogen) atoms. The molecule has 1 aromatic carbocycles. The largest absolute Gasteiger partial charge is 0.497 e. The van der Waals surface area contributed by atoms with Gasteiger partial charge in [0.15, 0.2) is 10.9 Å². The zero-order valence-electron chi connectivity index (χ0n) is 40.0. The minimum Gasteiger partial charge on any atom is -0.497 e. The average Bonchev–Trinajstić information content (AvgIpc) is 3.68. The number of rotatable bonds is 22. The van der Waals surface area contributed by atoms with Crippen molar-refractivity contribution in [3.63, 3.8) is 0 Å². The molecular weight excluding hydrogens is 1000 g/mol. The number of amides is 2. The lowest BCUT2D eigenvalue weighted by Crippen LogP contribution is -2.48. The smallest absolute Gasteiger partial charge is 0.362 e. The van der Waals surface area contributed by atoms with Gasteiger partial charge in [-0.2, -0.15) is 16.8 Å².